The fourth-order valence-electron chi connectivity index (χ4n) is 0.604. The van der Waals surface area contributed by atoms with Gasteiger partial charge in [-0.2, -0.15) is 0 Å². The number of rotatable bonds is 1. The van der Waals surface area contributed by atoms with Crippen LogP contribution in [0.3, 0.4) is 0 Å². The van der Waals surface area contributed by atoms with E-state index in [-0.39, 0.29) is 0 Å². The van der Waals surface area contributed by atoms with E-state index in [4.69, 9.17) is 5.73 Å². The summed E-state index contributed by atoms with van der Waals surface area (Å²) in [6, 6.07) is 0. The number of nitrogens with two attached hydrogens (primary N) is 1. The summed E-state index contributed by atoms with van der Waals surface area (Å²) in [4.78, 5) is 8.06. The zero-order chi connectivity index (χ0) is 7.56. The lowest BCUT2D eigenvalue weighted by molar-refractivity contribution is 0.948. The highest BCUT2D eigenvalue weighted by Gasteiger charge is 1.98. The average Bonchev–Trinajstić information content (AvgIpc) is 1.88. The van der Waals surface area contributed by atoms with Gasteiger partial charge in [-0.3, -0.25) is 0 Å². The zero-order valence-electron chi connectivity index (χ0n) is 5.63. The molecule has 4 heteroatoms. The molecular weight excluding hydrogens is 194 g/mol. The average molecular weight is 202 g/mol. The SMILES string of the molecule is Cc1ncc(CN)c(Br)n1. The monoisotopic (exact) mass is 201 g/mol. The predicted octanol–water partition coefficient (Wildman–Crippen LogP) is 1.01. The fraction of sp³-hybridized carbons (Fsp3) is 0.333. The predicted molar refractivity (Wildman–Crippen MR) is 42.4 cm³/mol. The first-order chi connectivity index (χ1) is 4.74. The van der Waals surface area contributed by atoms with Gasteiger partial charge in [0.15, 0.2) is 0 Å². The van der Waals surface area contributed by atoms with E-state index in [9.17, 15) is 0 Å². The molecule has 0 spiro atoms. The summed E-state index contributed by atoms with van der Waals surface area (Å²) >= 11 is 3.28. The molecule has 54 valence electrons. The Morgan fingerprint density at radius 3 is 2.90 bits per heavy atom. The van der Waals surface area contributed by atoms with Crippen LogP contribution in [-0.4, -0.2) is 9.97 Å². The van der Waals surface area contributed by atoms with Crippen LogP contribution in [0.4, 0.5) is 0 Å². The first-order valence-electron chi connectivity index (χ1n) is 2.92. The Bertz CT molecular complexity index is 236. The van der Waals surface area contributed by atoms with Crippen molar-refractivity contribution in [2.45, 2.75) is 13.5 Å². The second-order valence-electron chi connectivity index (χ2n) is 1.94. The van der Waals surface area contributed by atoms with Gasteiger partial charge in [-0.05, 0) is 22.9 Å². The van der Waals surface area contributed by atoms with Crippen molar-refractivity contribution in [1.29, 1.82) is 0 Å². The number of aromatic nitrogens is 2. The number of hydrogen-bond donors (Lipinski definition) is 1. The lowest BCUT2D eigenvalue weighted by atomic mass is 10.3. The van der Waals surface area contributed by atoms with E-state index in [0.717, 1.165) is 16.0 Å². The Morgan fingerprint density at radius 1 is 1.70 bits per heavy atom. The molecule has 1 heterocycles. The second kappa shape index (κ2) is 3.07. The maximum atomic E-state index is 5.39. The molecule has 0 saturated heterocycles. The van der Waals surface area contributed by atoms with Gasteiger partial charge in [-0.1, -0.05) is 0 Å². The van der Waals surface area contributed by atoms with Gasteiger partial charge in [0.05, 0.1) is 0 Å². The number of nitrogens with zero attached hydrogens (tertiary/aromatic N) is 2. The van der Waals surface area contributed by atoms with Crippen molar-refractivity contribution in [3.05, 3.63) is 22.2 Å². The van der Waals surface area contributed by atoms with Crippen molar-refractivity contribution in [2.75, 3.05) is 0 Å². The first kappa shape index (κ1) is 7.63. The van der Waals surface area contributed by atoms with Crippen molar-refractivity contribution in [3.63, 3.8) is 0 Å². The van der Waals surface area contributed by atoms with E-state index in [1.54, 1.807) is 6.20 Å². The van der Waals surface area contributed by atoms with Crippen molar-refractivity contribution in [3.8, 4) is 0 Å². The summed E-state index contributed by atoms with van der Waals surface area (Å²) in [5, 5.41) is 0. The fourth-order valence-corrected chi connectivity index (χ4v) is 1.13. The van der Waals surface area contributed by atoms with E-state index < -0.39 is 0 Å². The molecule has 10 heavy (non-hydrogen) atoms. The molecule has 1 rings (SSSR count). The second-order valence-corrected chi connectivity index (χ2v) is 2.69. The number of halogens is 1. The molecule has 0 aliphatic carbocycles. The molecule has 2 N–H and O–H groups in total. The van der Waals surface area contributed by atoms with E-state index >= 15 is 0 Å². The Balaban J connectivity index is 3.07. The van der Waals surface area contributed by atoms with Crippen LogP contribution < -0.4 is 5.73 Å². The third-order valence-corrected chi connectivity index (χ3v) is 1.84. The van der Waals surface area contributed by atoms with Gasteiger partial charge in [-0.15, -0.1) is 0 Å². The van der Waals surface area contributed by atoms with E-state index in [2.05, 4.69) is 25.9 Å². The third-order valence-electron chi connectivity index (χ3n) is 1.15. The van der Waals surface area contributed by atoms with Gasteiger partial charge in [0.25, 0.3) is 0 Å². The van der Waals surface area contributed by atoms with E-state index in [0.29, 0.717) is 6.54 Å². The first-order valence-corrected chi connectivity index (χ1v) is 3.71. The van der Waals surface area contributed by atoms with E-state index in [1.165, 1.54) is 0 Å². The maximum absolute atomic E-state index is 5.39. The van der Waals surface area contributed by atoms with E-state index in [1.807, 2.05) is 6.92 Å². The quantitative estimate of drug-likeness (QED) is 0.691. The summed E-state index contributed by atoms with van der Waals surface area (Å²) < 4.78 is 0.794. The molecule has 1 aromatic rings. The smallest absolute Gasteiger partial charge is 0.126 e. The Morgan fingerprint density at radius 2 is 2.40 bits per heavy atom. The molecule has 0 radical (unpaired) electrons. The van der Waals surface area contributed by atoms with Gasteiger partial charge in [-0.25, -0.2) is 9.97 Å². The molecule has 0 amide bonds. The highest BCUT2D eigenvalue weighted by atomic mass is 79.9. The number of hydrogen-bond acceptors (Lipinski definition) is 3. The molecule has 0 bridgehead atoms. The molecule has 3 nitrogen and oxygen atoms in total. The van der Waals surface area contributed by atoms with Crippen molar-refractivity contribution >= 4 is 15.9 Å². The molecule has 0 unspecified atom stereocenters. The topological polar surface area (TPSA) is 51.8 Å². The molecule has 1 aromatic heterocycles. The van der Waals surface area contributed by atoms with Crippen LogP contribution >= 0.6 is 15.9 Å². The number of aryl methyl sites for hydroxylation is 1. The minimum absolute atomic E-state index is 0.473. The molecule has 0 saturated carbocycles. The molecule has 0 aliphatic heterocycles. The van der Waals surface area contributed by atoms with Crippen LogP contribution in [0.25, 0.3) is 0 Å². The lowest BCUT2D eigenvalue weighted by Gasteiger charge is -1.98. The molecular formula is C6H8BrN3. The molecule has 0 aromatic carbocycles. The van der Waals surface area contributed by atoms with Crippen molar-refractivity contribution in [1.82, 2.24) is 9.97 Å². The van der Waals surface area contributed by atoms with Gasteiger partial charge >= 0.3 is 0 Å². The minimum atomic E-state index is 0.473. The highest BCUT2D eigenvalue weighted by molar-refractivity contribution is 9.10. The summed E-state index contributed by atoms with van der Waals surface area (Å²) in [6.07, 6.45) is 1.73. The molecule has 0 fully saturated rings. The molecule has 0 atom stereocenters. The summed E-state index contributed by atoms with van der Waals surface area (Å²) in [7, 11) is 0. The van der Waals surface area contributed by atoms with Crippen LogP contribution in [0, 0.1) is 6.92 Å². The maximum Gasteiger partial charge on any atom is 0.126 e. The largest absolute Gasteiger partial charge is 0.326 e. The van der Waals surface area contributed by atoms with Crippen molar-refractivity contribution < 1.29 is 0 Å². The summed E-state index contributed by atoms with van der Waals surface area (Å²) in [6.45, 7) is 2.31. The normalized spacial score (nSPS) is 9.90. The molecule has 0 aliphatic rings. The minimum Gasteiger partial charge on any atom is -0.326 e. The Hall–Kier alpha value is -0.480. The van der Waals surface area contributed by atoms with Gasteiger partial charge in [0, 0.05) is 18.3 Å². The van der Waals surface area contributed by atoms with Crippen LogP contribution in [0.15, 0.2) is 10.8 Å². The zero-order valence-corrected chi connectivity index (χ0v) is 7.22. The van der Waals surface area contributed by atoms with Gasteiger partial charge < -0.3 is 5.73 Å². The standard InChI is InChI=1S/C6H8BrN3/c1-4-9-3-5(2-8)6(7)10-4/h3H,2,8H2,1H3. The van der Waals surface area contributed by atoms with Crippen molar-refractivity contribution in [2.24, 2.45) is 5.73 Å². The van der Waals surface area contributed by atoms with Crippen LogP contribution in [-0.2, 0) is 6.54 Å². The highest BCUT2D eigenvalue weighted by Crippen LogP contribution is 2.10. The summed E-state index contributed by atoms with van der Waals surface area (Å²) in [5.41, 5.74) is 6.33. The van der Waals surface area contributed by atoms with Crippen LogP contribution in [0.2, 0.25) is 0 Å². The van der Waals surface area contributed by atoms with Gasteiger partial charge in [0.2, 0.25) is 0 Å². The van der Waals surface area contributed by atoms with Gasteiger partial charge in [0.1, 0.15) is 10.4 Å². The Kier molecular flexibility index (Phi) is 2.34. The van der Waals surface area contributed by atoms with Crippen LogP contribution in [0.5, 0.6) is 0 Å². The lowest BCUT2D eigenvalue weighted by Crippen LogP contribution is -2.00. The summed E-state index contributed by atoms with van der Waals surface area (Å²) in [5.74, 6) is 0.754. The van der Waals surface area contributed by atoms with Crippen LogP contribution in [0.1, 0.15) is 11.4 Å². The third kappa shape index (κ3) is 1.52. The Labute approximate surface area is 67.8 Å².